The number of guanidine groups is 1. The lowest BCUT2D eigenvalue weighted by molar-refractivity contribution is -0.384. The predicted octanol–water partition coefficient (Wildman–Crippen LogP) is 2.71. The lowest BCUT2D eigenvalue weighted by atomic mass is 10.0. The van der Waals surface area contributed by atoms with Gasteiger partial charge in [-0.3, -0.25) is 20.0 Å². The molecule has 0 saturated carbocycles. The van der Waals surface area contributed by atoms with E-state index in [4.69, 9.17) is 0 Å². The van der Waals surface area contributed by atoms with Crippen molar-refractivity contribution in [3.63, 3.8) is 0 Å². The molecule has 1 saturated heterocycles. The van der Waals surface area contributed by atoms with E-state index in [0.29, 0.717) is 12.6 Å². The number of likely N-dealkylation sites (tertiary alicyclic amines) is 1. The highest BCUT2D eigenvalue weighted by atomic mass is 16.6. The number of aromatic nitrogens is 1. The zero-order valence-corrected chi connectivity index (χ0v) is 16.8. The van der Waals surface area contributed by atoms with Crippen LogP contribution in [0.4, 0.5) is 5.69 Å². The van der Waals surface area contributed by atoms with Crippen LogP contribution in [0.1, 0.15) is 31.0 Å². The molecular weight excluding hydrogens is 368 g/mol. The first kappa shape index (κ1) is 20.7. The van der Waals surface area contributed by atoms with E-state index >= 15 is 0 Å². The monoisotopic (exact) mass is 396 g/mol. The van der Waals surface area contributed by atoms with Gasteiger partial charge >= 0.3 is 0 Å². The van der Waals surface area contributed by atoms with Gasteiger partial charge in [0.15, 0.2) is 5.96 Å². The molecule has 1 aromatic heterocycles. The first-order valence-corrected chi connectivity index (χ1v) is 10.0. The number of benzene rings is 1. The molecule has 1 aliphatic heterocycles. The number of rotatable bonds is 7. The van der Waals surface area contributed by atoms with Crippen LogP contribution in [-0.4, -0.2) is 46.4 Å². The third-order valence-electron chi connectivity index (χ3n) is 4.93. The van der Waals surface area contributed by atoms with Crippen LogP contribution in [-0.2, 0) is 13.1 Å². The third kappa shape index (κ3) is 6.53. The second kappa shape index (κ2) is 10.5. The summed E-state index contributed by atoms with van der Waals surface area (Å²) in [6.45, 7) is 6.10. The fourth-order valence-electron chi connectivity index (χ4n) is 3.41. The Kier molecular flexibility index (Phi) is 7.52. The Bertz CT molecular complexity index is 819. The molecule has 1 aromatic carbocycles. The van der Waals surface area contributed by atoms with E-state index in [1.54, 1.807) is 12.1 Å². The Labute approximate surface area is 171 Å². The zero-order chi connectivity index (χ0) is 20.5. The Morgan fingerprint density at radius 1 is 1.28 bits per heavy atom. The Hall–Kier alpha value is -3.00. The molecular formula is C21H28N6O2. The lowest BCUT2D eigenvalue weighted by Crippen LogP contribution is -2.48. The van der Waals surface area contributed by atoms with Crippen LogP contribution in [0, 0.1) is 10.1 Å². The van der Waals surface area contributed by atoms with E-state index in [1.807, 2.05) is 31.3 Å². The molecule has 0 spiro atoms. The van der Waals surface area contributed by atoms with Crippen molar-refractivity contribution in [3.8, 4) is 0 Å². The second-order valence-electron chi connectivity index (χ2n) is 7.14. The average molecular weight is 396 g/mol. The van der Waals surface area contributed by atoms with Crippen LogP contribution in [0.3, 0.4) is 0 Å². The maximum Gasteiger partial charge on any atom is 0.269 e. The highest BCUT2D eigenvalue weighted by molar-refractivity contribution is 5.80. The molecule has 3 rings (SSSR count). The topological polar surface area (TPSA) is 95.7 Å². The summed E-state index contributed by atoms with van der Waals surface area (Å²) in [4.78, 5) is 22.0. The van der Waals surface area contributed by atoms with E-state index in [-0.39, 0.29) is 10.6 Å². The highest BCUT2D eigenvalue weighted by Crippen LogP contribution is 2.15. The van der Waals surface area contributed by atoms with Gasteiger partial charge in [0.1, 0.15) is 0 Å². The number of piperidine rings is 1. The summed E-state index contributed by atoms with van der Waals surface area (Å²) in [5.74, 6) is 0.752. The molecule has 2 heterocycles. The Morgan fingerprint density at radius 2 is 2.10 bits per heavy atom. The van der Waals surface area contributed by atoms with Gasteiger partial charge in [-0.25, -0.2) is 4.99 Å². The van der Waals surface area contributed by atoms with Crippen molar-refractivity contribution in [1.82, 2.24) is 20.5 Å². The number of nitro benzene ring substituents is 1. The standard InChI is InChI=1S/C21H28N6O2/c1-2-22-21(24-15-17-6-5-8-20(14-17)27(28)29)25-18-9-12-26(13-10-18)16-19-7-3-4-11-23-19/h3-8,11,14,18H,2,9-10,12-13,15-16H2,1H3,(H2,22,24,25). The minimum absolute atomic E-state index is 0.0935. The number of non-ortho nitro benzene ring substituents is 1. The van der Waals surface area contributed by atoms with Crippen molar-refractivity contribution in [1.29, 1.82) is 0 Å². The smallest absolute Gasteiger partial charge is 0.269 e. The fraction of sp³-hybridized carbons (Fsp3) is 0.429. The maximum absolute atomic E-state index is 10.9. The van der Waals surface area contributed by atoms with Crippen LogP contribution < -0.4 is 10.6 Å². The number of aliphatic imine (C=N–C) groups is 1. The fourth-order valence-corrected chi connectivity index (χ4v) is 3.41. The molecule has 29 heavy (non-hydrogen) atoms. The average Bonchev–Trinajstić information content (AvgIpc) is 2.74. The molecule has 0 amide bonds. The van der Waals surface area contributed by atoms with Crippen molar-refractivity contribution < 1.29 is 4.92 Å². The number of hydrogen-bond acceptors (Lipinski definition) is 5. The number of hydrogen-bond donors (Lipinski definition) is 2. The minimum atomic E-state index is -0.380. The molecule has 2 N–H and O–H groups in total. The van der Waals surface area contributed by atoms with Gasteiger partial charge in [-0.05, 0) is 37.5 Å². The highest BCUT2D eigenvalue weighted by Gasteiger charge is 2.20. The van der Waals surface area contributed by atoms with Crippen LogP contribution in [0.2, 0.25) is 0 Å². The van der Waals surface area contributed by atoms with Gasteiger partial charge in [0.25, 0.3) is 5.69 Å². The Morgan fingerprint density at radius 3 is 2.79 bits per heavy atom. The molecule has 154 valence electrons. The minimum Gasteiger partial charge on any atom is -0.357 e. The van der Waals surface area contributed by atoms with Crippen LogP contribution >= 0.6 is 0 Å². The first-order valence-electron chi connectivity index (χ1n) is 10.0. The van der Waals surface area contributed by atoms with E-state index < -0.39 is 0 Å². The van der Waals surface area contributed by atoms with Crippen molar-refractivity contribution in [2.24, 2.45) is 4.99 Å². The first-order chi connectivity index (χ1) is 14.1. The van der Waals surface area contributed by atoms with E-state index in [9.17, 15) is 10.1 Å². The zero-order valence-electron chi connectivity index (χ0n) is 16.8. The second-order valence-corrected chi connectivity index (χ2v) is 7.14. The van der Waals surface area contributed by atoms with Gasteiger partial charge in [-0.2, -0.15) is 0 Å². The van der Waals surface area contributed by atoms with Crippen LogP contribution in [0.25, 0.3) is 0 Å². The number of nitrogens with zero attached hydrogens (tertiary/aromatic N) is 4. The van der Waals surface area contributed by atoms with Crippen LogP contribution in [0.5, 0.6) is 0 Å². The molecule has 0 radical (unpaired) electrons. The van der Waals surface area contributed by atoms with Crippen molar-refractivity contribution in [2.75, 3.05) is 19.6 Å². The summed E-state index contributed by atoms with van der Waals surface area (Å²) in [5.41, 5.74) is 2.02. The summed E-state index contributed by atoms with van der Waals surface area (Å²) < 4.78 is 0. The maximum atomic E-state index is 10.9. The van der Waals surface area contributed by atoms with Gasteiger partial charge < -0.3 is 10.6 Å². The molecule has 0 bridgehead atoms. The quantitative estimate of drug-likeness (QED) is 0.323. The number of nitrogens with one attached hydrogen (secondary N) is 2. The summed E-state index contributed by atoms with van der Waals surface area (Å²) in [6.07, 6.45) is 3.91. The molecule has 0 aliphatic carbocycles. The largest absolute Gasteiger partial charge is 0.357 e. The van der Waals surface area contributed by atoms with Crippen molar-refractivity contribution in [2.45, 2.75) is 38.9 Å². The van der Waals surface area contributed by atoms with Gasteiger partial charge in [0.05, 0.1) is 17.2 Å². The number of nitro groups is 1. The SMILES string of the molecule is CCNC(=NCc1cccc([N+](=O)[O-])c1)NC1CCN(Cc2ccccn2)CC1. The molecule has 2 aromatic rings. The molecule has 0 unspecified atom stereocenters. The lowest BCUT2D eigenvalue weighted by Gasteiger charge is -2.32. The summed E-state index contributed by atoms with van der Waals surface area (Å²) >= 11 is 0. The van der Waals surface area contributed by atoms with Crippen molar-refractivity contribution >= 4 is 11.6 Å². The summed E-state index contributed by atoms with van der Waals surface area (Å²) in [5, 5.41) is 17.7. The Balaban J connectivity index is 1.52. The van der Waals surface area contributed by atoms with E-state index in [0.717, 1.165) is 56.2 Å². The van der Waals surface area contributed by atoms with Gasteiger partial charge in [-0.1, -0.05) is 18.2 Å². The van der Waals surface area contributed by atoms with E-state index in [2.05, 4.69) is 31.6 Å². The molecule has 8 heteroatoms. The normalized spacial score (nSPS) is 15.8. The van der Waals surface area contributed by atoms with Gasteiger partial charge in [0.2, 0.25) is 0 Å². The molecule has 1 fully saturated rings. The third-order valence-corrected chi connectivity index (χ3v) is 4.93. The summed E-state index contributed by atoms with van der Waals surface area (Å²) in [6, 6.07) is 13.0. The molecule has 0 atom stereocenters. The van der Waals surface area contributed by atoms with Crippen LogP contribution in [0.15, 0.2) is 53.7 Å². The van der Waals surface area contributed by atoms with Gasteiger partial charge in [-0.15, -0.1) is 0 Å². The predicted molar refractivity (Wildman–Crippen MR) is 114 cm³/mol. The van der Waals surface area contributed by atoms with Crippen molar-refractivity contribution in [3.05, 3.63) is 70.0 Å². The summed E-state index contributed by atoms with van der Waals surface area (Å²) in [7, 11) is 0. The number of pyridine rings is 1. The molecule has 1 aliphatic rings. The van der Waals surface area contributed by atoms with E-state index in [1.165, 1.54) is 6.07 Å². The molecule has 8 nitrogen and oxygen atoms in total. The van der Waals surface area contributed by atoms with Gasteiger partial charge in [0, 0.05) is 50.6 Å².